The van der Waals surface area contributed by atoms with E-state index >= 15 is 0 Å². The molecule has 1 N–H and O–H groups in total. The van der Waals surface area contributed by atoms with Crippen LogP contribution >= 0.6 is 0 Å². The number of fused-ring (bicyclic) bond motifs is 1. The Morgan fingerprint density at radius 2 is 2.11 bits per heavy atom. The van der Waals surface area contributed by atoms with E-state index in [2.05, 4.69) is 4.74 Å². The summed E-state index contributed by atoms with van der Waals surface area (Å²) in [5, 5.41) is 9.17. The number of Topliss-reactive ketones (excluding diaryl/α,β-unsaturated/α-hetero) is 1. The minimum absolute atomic E-state index is 0.0910. The molecule has 1 amide bonds. The molecule has 1 saturated carbocycles. The maximum atomic E-state index is 11.6. The van der Waals surface area contributed by atoms with Crippen LogP contribution in [0, 0.1) is 11.8 Å². The Balaban J connectivity index is 2.15. The van der Waals surface area contributed by atoms with Crippen LogP contribution in [0.5, 0.6) is 0 Å². The van der Waals surface area contributed by atoms with Crippen molar-refractivity contribution in [3.8, 4) is 0 Å². The number of ketones is 1. The molecule has 100 valence electrons. The van der Waals surface area contributed by atoms with E-state index in [0.29, 0.717) is 25.8 Å². The molecule has 1 heterocycles. The number of hydrogen-bond acceptors (Lipinski definition) is 4. The molecule has 0 radical (unpaired) electrons. The number of piperidine rings is 1. The lowest BCUT2D eigenvalue weighted by Crippen LogP contribution is -2.54. The van der Waals surface area contributed by atoms with Gasteiger partial charge in [0.1, 0.15) is 11.8 Å². The lowest BCUT2D eigenvalue weighted by Gasteiger charge is -2.43. The first-order valence-corrected chi connectivity index (χ1v) is 6.12. The first-order chi connectivity index (χ1) is 8.52. The minimum atomic E-state index is -1.03. The van der Waals surface area contributed by atoms with E-state index in [9.17, 15) is 19.5 Å². The van der Waals surface area contributed by atoms with Gasteiger partial charge in [0.2, 0.25) is 0 Å². The van der Waals surface area contributed by atoms with Gasteiger partial charge in [-0.25, -0.2) is 9.59 Å². The number of amides is 1. The van der Waals surface area contributed by atoms with Gasteiger partial charge >= 0.3 is 12.1 Å². The van der Waals surface area contributed by atoms with E-state index in [0.717, 1.165) is 6.42 Å². The third kappa shape index (κ3) is 2.32. The summed E-state index contributed by atoms with van der Waals surface area (Å²) in [6.07, 6.45) is 1.47. The normalized spacial score (nSPS) is 31.7. The second-order valence-corrected chi connectivity index (χ2v) is 5.01. The summed E-state index contributed by atoms with van der Waals surface area (Å²) in [5.41, 5.74) is 0. The number of carboxylic acid groups (broad SMARTS) is 1. The summed E-state index contributed by atoms with van der Waals surface area (Å²) in [5.74, 6) is -0.519. The molecule has 6 nitrogen and oxygen atoms in total. The zero-order chi connectivity index (χ0) is 13.3. The third-order valence-corrected chi connectivity index (χ3v) is 3.98. The highest BCUT2D eigenvalue weighted by molar-refractivity contribution is 5.82. The topological polar surface area (TPSA) is 83.9 Å². The number of hydrogen-bond donors (Lipinski definition) is 1. The molecule has 1 aliphatic carbocycles. The van der Waals surface area contributed by atoms with Gasteiger partial charge in [-0.1, -0.05) is 0 Å². The number of nitrogens with zero attached hydrogens (tertiary/aromatic N) is 1. The van der Waals surface area contributed by atoms with Crippen LogP contribution in [0.3, 0.4) is 0 Å². The number of likely N-dealkylation sites (tertiary alicyclic amines) is 1. The maximum Gasteiger partial charge on any atom is 0.410 e. The van der Waals surface area contributed by atoms with Gasteiger partial charge in [-0.15, -0.1) is 0 Å². The monoisotopic (exact) mass is 255 g/mol. The van der Waals surface area contributed by atoms with Crippen molar-refractivity contribution in [2.45, 2.75) is 31.7 Å². The number of rotatable bonds is 1. The largest absolute Gasteiger partial charge is 0.480 e. The first-order valence-electron chi connectivity index (χ1n) is 6.12. The van der Waals surface area contributed by atoms with E-state index in [1.807, 2.05) is 0 Å². The molecule has 6 heteroatoms. The van der Waals surface area contributed by atoms with Gasteiger partial charge in [0.15, 0.2) is 0 Å². The van der Waals surface area contributed by atoms with Gasteiger partial charge in [0.05, 0.1) is 7.11 Å². The van der Waals surface area contributed by atoms with E-state index in [1.165, 1.54) is 12.0 Å². The summed E-state index contributed by atoms with van der Waals surface area (Å²) in [7, 11) is 1.25. The Labute approximate surface area is 105 Å². The SMILES string of the molecule is COC(=O)N1C[C@@H]2CCC(=O)C[C@@H]2CC1C(=O)O. The fourth-order valence-electron chi connectivity index (χ4n) is 3.01. The van der Waals surface area contributed by atoms with E-state index < -0.39 is 18.1 Å². The Kier molecular flexibility index (Phi) is 3.54. The molecular weight excluding hydrogens is 238 g/mol. The number of carbonyl (C=O) groups excluding carboxylic acids is 2. The quantitative estimate of drug-likeness (QED) is 0.752. The second-order valence-electron chi connectivity index (χ2n) is 5.01. The van der Waals surface area contributed by atoms with Gasteiger partial charge in [-0.05, 0) is 24.7 Å². The summed E-state index contributed by atoms with van der Waals surface area (Å²) in [6, 6.07) is -0.871. The molecule has 1 aliphatic heterocycles. The fourth-order valence-corrected chi connectivity index (χ4v) is 3.01. The molecule has 18 heavy (non-hydrogen) atoms. The second kappa shape index (κ2) is 4.96. The van der Waals surface area contributed by atoms with Crippen molar-refractivity contribution in [3.63, 3.8) is 0 Å². The first kappa shape index (κ1) is 12.9. The van der Waals surface area contributed by atoms with E-state index in [1.54, 1.807) is 0 Å². The zero-order valence-electron chi connectivity index (χ0n) is 10.3. The van der Waals surface area contributed by atoms with E-state index in [-0.39, 0.29) is 17.6 Å². The molecule has 0 aromatic heterocycles. The van der Waals surface area contributed by atoms with Crippen LogP contribution < -0.4 is 0 Å². The molecule has 1 saturated heterocycles. The predicted octanol–water partition coefficient (Wildman–Crippen LogP) is 0.897. The standard InChI is InChI=1S/C12H17NO5/c1-18-12(17)13-6-7-2-3-9(14)4-8(7)5-10(13)11(15)16/h7-8,10H,2-6H2,1H3,(H,15,16)/t7-,8+,10?/m0/s1. The van der Waals surface area contributed by atoms with Gasteiger partial charge in [-0.2, -0.15) is 0 Å². The lowest BCUT2D eigenvalue weighted by atomic mass is 9.72. The van der Waals surface area contributed by atoms with Crippen LogP contribution in [0.1, 0.15) is 25.7 Å². The molecule has 2 fully saturated rings. The number of aliphatic carboxylic acids is 1. The Morgan fingerprint density at radius 3 is 2.72 bits per heavy atom. The van der Waals surface area contributed by atoms with Crippen LogP contribution in [-0.2, 0) is 14.3 Å². The fraction of sp³-hybridized carbons (Fsp3) is 0.750. The average Bonchev–Trinajstić information content (AvgIpc) is 2.36. The Hall–Kier alpha value is -1.59. The number of carbonyl (C=O) groups is 3. The Bertz CT molecular complexity index is 381. The van der Waals surface area contributed by atoms with Crippen molar-refractivity contribution in [1.82, 2.24) is 4.90 Å². The van der Waals surface area contributed by atoms with Crippen LogP contribution in [0.15, 0.2) is 0 Å². The van der Waals surface area contributed by atoms with Crippen LogP contribution in [0.4, 0.5) is 4.79 Å². The highest BCUT2D eigenvalue weighted by Gasteiger charge is 2.43. The predicted molar refractivity (Wildman–Crippen MR) is 61.0 cm³/mol. The summed E-state index contributed by atoms with van der Waals surface area (Å²) < 4.78 is 4.63. The summed E-state index contributed by atoms with van der Waals surface area (Å²) in [4.78, 5) is 35.5. The van der Waals surface area contributed by atoms with Crippen molar-refractivity contribution in [2.24, 2.45) is 11.8 Å². The van der Waals surface area contributed by atoms with Crippen molar-refractivity contribution < 1.29 is 24.2 Å². The average molecular weight is 255 g/mol. The van der Waals surface area contributed by atoms with E-state index in [4.69, 9.17) is 0 Å². The molecule has 0 aromatic carbocycles. The van der Waals surface area contributed by atoms with Gasteiger partial charge in [0.25, 0.3) is 0 Å². The summed E-state index contributed by atoms with van der Waals surface area (Å²) >= 11 is 0. The lowest BCUT2D eigenvalue weighted by molar-refractivity contribution is -0.147. The van der Waals surface area contributed by atoms with Crippen molar-refractivity contribution in [3.05, 3.63) is 0 Å². The molecule has 2 rings (SSSR count). The van der Waals surface area contributed by atoms with Crippen LogP contribution in [0.2, 0.25) is 0 Å². The molecule has 0 spiro atoms. The number of methoxy groups -OCH3 is 1. The Morgan fingerprint density at radius 1 is 1.39 bits per heavy atom. The molecule has 3 atom stereocenters. The number of ether oxygens (including phenoxy) is 1. The van der Waals surface area contributed by atoms with Crippen LogP contribution in [-0.4, -0.2) is 47.5 Å². The smallest absolute Gasteiger partial charge is 0.410 e. The van der Waals surface area contributed by atoms with Crippen LogP contribution in [0.25, 0.3) is 0 Å². The minimum Gasteiger partial charge on any atom is -0.480 e. The van der Waals surface area contributed by atoms with Gasteiger partial charge in [-0.3, -0.25) is 9.69 Å². The highest BCUT2D eigenvalue weighted by Crippen LogP contribution is 2.37. The zero-order valence-corrected chi connectivity index (χ0v) is 10.3. The highest BCUT2D eigenvalue weighted by atomic mass is 16.5. The maximum absolute atomic E-state index is 11.6. The van der Waals surface area contributed by atoms with Crippen molar-refractivity contribution >= 4 is 17.8 Å². The van der Waals surface area contributed by atoms with Gasteiger partial charge in [0, 0.05) is 19.4 Å². The third-order valence-electron chi connectivity index (χ3n) is 3.98. The van der Waals surface area contributed by atoms with Crippen molar-refractivity contribution in [1.29, 1.82) is 0 Å². The summed E-state index contributed by atoms with van der Waals surface area (Å²) in [6.45, 7) is 0.377. The molecule has 0 aromatic rings. The number of carboxylic acids is 1. The van der Waals surface area contributed by atoms with Crippen molar-refractivity contribution in [2.75, 3.05) is 13.7 Å². The molecule has 0 bridgehead atoms. The van der Waals surface area contributed by atoms with Gasteiger partial charge < -0.3 is 9.84 Å². The molecule has 1 unspecified atom stereocenters. The molecule has 2 aliphatic rings. The molecular formula is C12H17NO5.